The Bertz CT molecular complexity index is 446. The minimum atomic E-state index is -0.378. The summed E-state index contributed by atoms with van der Waals surface area (Å²) in [6.07, 6.45) is 1.04. The molecular weight excluding hydrogens is 246 g/mol. The third-order valence-corrected chi connectivity index (χ3v) is 3.98. The molecule has 1 saturated heterocycles. The van der Waals surface area contributed by atoms with Crippen LogP contribution < -0.4 is 5.32 Å². The largest absolute Gasteiger partial charge is 0.311 e. The maximum Gasteiger partial charge on any atom is 0.127 e. The van der Waals surface area contributed by atoms with Crippen LogP contribution in [0.15, 0.2) is 18.2 Å². The van der Waals surface area contributed by atoms with Gasteiger partial charge in [-0.25, -0.2) is 8.78 Å². The number of benzene rings is 1. The van der Waals surface area contributed by atoms with E-state index in [2.05, 4.69) is 31.0 Å². The van der Waals surface area contributed by atoms with Crippen LogP contribution in [0.1, 0.15) is 32.8 Å². The van der Waals surface area contributed by atoms with Crippen LogP contribution in [0.3, 0.4) is 0 Å². The molecule has 2 nitrogen and oxygen atoms in total. The number of hydrogen-bond acceptors (Lipinski definition) is 2. The molecule has 2 rings (SSSR count). The van der Waals surface area contributed by atoms with E-state index < -0.39 is 0 Å². The molecule has 1 aromatic rings. The predicted molar refractivity (Wildman–Crippen MR) is 72.9 cm³/mol. The van der Waals surface area contributed by atoms with E-state index in [0.29, 0.717) is 18.2 Å². The molecule has 106 valence electrons. The molecule has 1 aliphatic rings. The predicted octanol–water partition coefficient (Wildman–Crippen LogP) is 2.93. The molecule has 0 radical (unpaired) electrons. The Labute approximate surface area is 113 Å². The second-order valence-corrected chi connectivity index (χ2v) is 5.91. The monoisotopic (exact) mass is 268 g/mol. The Hall–Kier alpha value is -1.00. The van der Waals surface area contributed by atoms with E-state index in [9.17, 15) is 8.78 Å². The van der Waals surface area contributed by atoms with Crippen molar-refractivity contribution in [2.45, 2.75) is 45.3 Å². The van der Waals surface area contributed by atoms with E-state index in [1.165, 1.54) is 12.1 Å². The standard InChI is InChI=1S/C15H22F2N2/c1-4-13-9-19(15(2,3)10-18-13)8-11-7-12(16)5-6-14(11)17/h5-7,13,18H,4,8-10H2,1-3H3. The van der Waals surface area contributed by atoms with Crippen LogP contribution in [0.25, 0.3) is 0 Å². The van der Waals surface area contributed by atoms with E-state index in [4.69, 9.17) is 0 Å². The van der Waals surface area contributed by atoms with Crippen LogP contribution in [0.4, 0.5) is 8.78 Å². The van der Waals surface area contributed by atoms with Crippen LogP contribution in [0.2, 0.25) is 0 Å². The van der Waals surface area contributed by atoms with Gasteiger partial charge in [0.25, 0.3) is 0 Å². The summed E-state index contributed by atoms with van der Waals surface area (Å²) in [5.74, 6) is -0.708. The van der Waals surface area contributed by atoms with Gasteiger partial charge in [0, 0.05) is 36.8 Å². The minimum Gasteiger partial charge on any atom is -0.311 e. The first-order valence-electron chi connectivity index (χ1n) is 6.84. The molecule has 19 heavy (non-hydrogen) atoms. The van der Waals surface area contributed by atoms with Crippen molar-refractivity contribution < 1.29 is 8.78 Å². The summed E-state index contributed by atoms with van der Waals surface area (Å²) in [4.78, 5) is 2.23. The molecular formula is C15H22F2N2. The van der Waals surface area contributed by atoms with Crippen molar-refractivity contribution in [3.05, 3.63) is 35.4 Å². The van der Waals surface area contributed by atoms with E-state index in [1.807, 2.05) is 0 Å². The number of halogens is 2. The quantitative estimate of drug-likeness (QED) is 0.906. The molecule has 1 N–H and O–H groups in total. The fraction of sp³-hybridized carbons (Fsp3) is 0.600. The van der Waals surface area contributed by atoms with Gasteiger partial charge in [0.2, 0.25) is 0 Å². The number of nitrogens with one attached hydrogen (secondary N) is 1. The molecule has 1 fully saturated rings. The van der Waals surface area contributed by atoms with E-state index >= 15 is 0 Å². The number of nitrogens with zero attached hydrogens (tertiary/aromatic N) is 1. The van der Waals surface area contributed by atoms with Gasteiger partial charge >= 0.3 is 0 Å². The van der Waals surface area contributed by atoms with Gasteiger partial charge in [-0.1, -0.05) is 6.92 Å². The Morgan fingerprint density at radius 1 is 1.37 bits per heavy atom. The van der Waals surface area contributed by atoms with Crippen molar-refractivity contribution >= 4 is 0 Å². The second kappa shape index (κ2) is 5.55. The van der Waals surface area contributed by atoms with Crippen LogP contribution in [0, 0.1) is 11.6 Å². The maximum atomic E-state index is 13.7. The van der Waals surface area contributed by atoms with Crippen molar-refractivity contribution in [1.29, 1.82) is 0 Å². The van der Waals surface area contributed by atoms with E-state index in [-0.39, 0.29) is 17.2 Å². The lowest BCUT2D eigenvalue weighted by Gasteiger charge is -2.46. The molecule has 1 heterocycles. The van der Waals surface area contributed by atoms with E-state index in [0.717, 1.165) is 25.6 Å². The van der Waals surface area contributed by atoms with E-state index in [1.54, 1.807) is 0 Å². The highest BCUT2D eigenvalue weighted by Gasteiger charge is 2.33. The molecule has 1 atom stereocenters. The molecule has 0 aliphatic carbocycles. The van der Waals surface area contributed by atoms with Crippen LogP contribution in [-0.2, 0) is 6.54 Å². The smallest absolute Gasteiger partial charge is 0.127 e. The molecule has 0 bridgehead atoms. The number of rotatable bonds is 3. The summed E-state index contributed by atoms with van der Waals surface area (Å²) < 4.78 is 27.0. The third-order valence-electron chi connectivity index (χ3n) is 3.98. The van der Waals surface area contributed by atoms with Gasteiger partial charge in [0.05, 0.1) is 0 Å². The Morgan fingerprint density at radius 2 is 2.11 bits per heavy atom. The SMILES string of the molecule is CCC1CN(Cc2cc(F)ccc2F)C(C)(C)CN1. The minimum absolute atomic E-state index is 0.0512. The van der Waals surface area contributed by atoms with Gasteiger partial charge in [0.15, 0.2) is 0 Å². The highest BCUT2D eigenvalue weighted by molar-refractivity contribution is 5.19. The molecule has 1 aliphatic heterocycles. The fourth-order valence-corrected chi connectivity index (χ4v) is 2.51. The van der Waals surface area contributed by atoms with Crippen LogP contribution in [-0.4, -0.2) is 29.6 Å². The highest BCUT2D eigenvalue weighted by Crippen LogP contribution is 2.23. The van der Waals surface area contributed by atoms with Gasteiger partial charge in [-0.3, -0.25) is 4.90 Å². The average molecular weight is 268 g/mol. The zero-order chi connectivity index (χ0) is 14.0. The van der Waals surface area contributed by atoms with Gasteiger partial charge < -0.3 is 5.32 Å². The van der Waals surface area contributed by atoms with Crippen molar-refractivity contribution in [1.82, 2.24) is 10.2 Å². The Morgan fingerprint density at radius 3 is 2.79 bits per heavy atom. The van der Waals surface area contributed by atoms with Crippen molar-refractivity contribution in [2.75, 3.05) is 13.1 Å². The molecule has 0 saturated carbocycles. The molecule has 0 spiro atoms. The first-order chi connectivity index (χ1) is 8.92. The topological polar surface area (TPSA) is 15.3 Å². The van der Waals surface area contributed by atoms with Gasteiger partial charge in [0.1, 0.15) is 11.6 Å². The zero-order valence-corrected chi connectivity index (χ0v) is 11.8. The highest BCUT2D eigenvalue weighted by atomic mass is 19.1. The summed E-state index contributed by atoms with van der Waals surface area (Å²) in [5, 5.41) is 3.49. The number of hydrogen-bond donors (Lipinski definition) is 1. The first kappa shape index (κ1) is 14.4. The van der Waals surface area contributed by atoms with Crippen LogP contribution >= 0.6 is 0 Å². The fourth-order valence-electron chi connectivity index (χ4n) is 2.51. The summed E-state index contributed by atoms with van der Waals surface area (Å²) >= 11 is 0. The molecule has 0 amide bonds. The van der Waals surface area contributed by atoms with Gasteiger partial charge in [-0.05, 0) is 38.5 Å². The first-order valence-corrected chi connectivity index (χ1v) is 6.84. The maximum absolute atomic E-state index is 13.7. The van der Waals surface area contributed by atoms with Crippen molar-refractivity contribution in [3.63, 3.8) is 0 Å². The summed E-state index contributed by atoms with van der Waals surface area (Å²) in [6.45, 7) is 8.57. The lowest BCUT2D eigenvalue weighted by atomic mass is 9.95. The van der Waals surface area contributed by atoms with Crippen LogP contribution in [0.5, 0.6) is 0 Å². The molecule has 0 aromatic heterocycles. The molecule has 1 unspecified atom stereocenters. The third kappa shape index (κ3) is 3.31. The summed E-state index contributed by atoms with van der Waals surface area (Å²) in [6, 6.07) is 4.09. The molecule has 4 heteroatoms. The normalized spacial score (nSPS) is 23.5. The summed E-state index contributed by atoms with van der Waals surface area (Å²) in [5.41, 5.74) is 0.384. The second-order valence-electron chi connectivity index (χ2n) is 5.91. The van der Waals surface area contributed by atoms with Gasteiger partial charge in [-0.15, -0.1) is 0 Å². The summed E-state index contributed by atoms with van der Waals surface area (Å²) in [7, 11) is 0. The van der Waals surface area contributed by atoms with Gasteiger partial charge in [-0.2, -0.15) is 0 Å². The average Bonchev–Trinajstić information content (AvgIpc) is 2.36. The lowest BCUT2D eigenvalue weighted by Crippen LogP contribution is -2.61. The van der Waals surface area contributed by atoms with Crippen molar-refractivity contribution in [3.8, 4) is 0 Å². The Kier molecular flexibility index (Phi) is 4.21. The zero-order valence-electron chi connectivity index (χ0n) is 11.8. The Balaban J connectivity index is 2.17. The number of piperazine rings is 1. The van der Waals surface area contributed by atoms with Crippen molar-refractivity contribution in [2.24, 2.45) is 0 Å². The lowest BCUT2D eigenvalue weighted by molar-refractivity contribution is 0.0566. The molecule has 1 aromatic carbocycles.